The second-order valence-electron chi connectivity index (χ2n) is 4.55. The molecule has 0 radical (unpaired) electrons. The Kier molecular flexibility index (Phi) is 2.71. The van der Waals surface area contributed by atoms with Gasteiger partial charge in [0.15, 0.2) is 0 Å². The minimum Gasteiger partial charge on any atom is -0.382 e. The number of nitrogens with one attached hydrogen (secondary N) is 1. The molecule has 14 heavy (non-hydrogen) atoms. The summed E-state index contributed by atoms with van der Waals surface area (Å²) in [5.74, 6) is 1.76. The lowest BCUT2D eigenvalue weighted by atomic mass is 9.73. The zero-order valence-electron chi connectivity index (χ0n) is 8.90. The van der Waals surface area contributed by atoms with Crippen molar-refractivity contribution in [2.75, 3.05) is 5.32 Å². The highest BCUT2D eigenvalue weighted by Gasteiger charge is 2.30. The van der Waals surface area contributed by atoms with E-state index in [9.17, 15) is 0 Å². The fourth-order valence-electron chi connectivity index (χ4n) is 2.01. The summed E-state index contributed by atoms with van der Waals surface area (Å²) in [7, 11) is 0. The molecule has 76 valence electrons. The van der Waals surface area contributed by atoms with Crippen molar-refractivity contribution >= 4 is 5.69 Å². The number of anilines is 1. The third kappa shape index (κ3) is 2.06. The van der Waals surface area contributed by atoms with Crippen molar-refractivity contribution in [3.8, 4) is 0 Å². The number of hydrogen-bond acceptors (Lipinski definition) is 2. The highest BCUT2D eigenvalue weighted by atomic mass is 14.9. The second-order valence-corrected chi connectivity index (χ2v) is 4.55. The van der Waals surface area contributed by atoms with Crippen molar-refractivity contribution in [3.05, 3.63) is 24.5 Å². The smallest absolute Gasteiger partial charge is 0.0373 e. The van der Waals surface area contributed by atoms with Gasteiger partial charge in [-0.25, -0.2) is 0 Å². The van der Waals surface area contributed by atoms with Gasteiger partial charge in [-0.2, -0.15) is 0 Å². The lowest BCUT2D eigenvalue weighted by Crippen LogP contribution is -2.37. The Hall–Kier alpha value is -1.05. The Morgan fingerprint density at radius 1 is 1.29 bits per heavy atom. The number of aromatic nitrogens is 1. The van der Waals surface area contributed by atoms with Crippen LogP contribution in [0.1, 0.15) is 26.7 Å². The van der Waals surface area contributed by atoms with Crippen LogP contribution in [-0.4, -0.2) is 11.0 Å². The summed E-state index contributed by atoms with van der Waals surface area (Å²) in [4.78, 5) is 4.00. The highest BCUT2D eigenvalue weighted by Crippen LogP contribution is 2.35. The van der Waals surface area contributed by atoms with Crippen molar-refractivity contribution in [3.63, 3.8) is 0 Å². The molecule has 2 rings (SSSR count). The minimum absolute atomic E-state index is 0.685. The van der Waals surface area contributed by atoms with Gasteiger partial charge in [-0.05, 0) is 36.8 Å². The van der Waals surface area contributed by atoms with Gasteiger partial charge in [-0.15, -0.1) is 0 Å². The molecule has 1 N–H and O–H groups in total. The van der Waals surface area contributed by atoms with Gasteiger partial charge in [0.05, 0.1) is 0 Å². The second kappa shape index (κ2) is 3.99. The normalized spacial score (nSPS) is 25.9. The molecule has 1 fully saturated rings. The van der Waals surface area contributed by atoms with Crippen LogP contribution in [0.15, 0.2) is 24.5 Å². The molecular weight excluding hydrogens is 172 g/mol. The molecular formula is C12H18N2. The van der Waals surface area contributed by atoms with Gasteiger partial charge in [-0.1, -0.05) is 13.8 Å². The van der Waals surface area contributed by atoms with Crippen LogP contribution in [0.3, 0.4) is 0 Å². The highest BCUT2D eigenvalue weighted by molar-refractivity contribution is 5.42. The molecule has 0 atom stereocenters. The largest absolute Gasteiger partial charge is 0.382 e. The Balaban J connectivity index is 1.80. The fourth-order valence-corrected chi connectivity index (χ4v) is 2.01. The van der Waals surface area contributed by atoms with E-state index in [-0.39, 0.29) is 0 Å². The summed E-state index contributed by atoms with van der Waals surface area (Å²) in [6.07, 6.45) is 6.31. The number of nitrogens with zero attached hydrogens (tertiary/aromatic N) is 1. The third-order valence-corrected chi connectivity index (χ3v) is 3.17. The van der Waals surface area contributed by atoms with Crippen molar-refractivity contribution in [1.82, 2.24) is 4.98 Å². The van der Waals surface area contributed by atoms with Crippen molar-refractivity contribution in [2.24, 2.45) is 11.8 Å². The molecule has 2 heteroatoms. The first-order chi connectivity index (χ1) is 6.75. The van der Waals surface area contributed by atoms with E-state index < -0.39 is 0 Å². The Bertz CT molecular complexity index is 276. The molecule has 0 saturated heterocycles. The van der Waals surface area contributed by atoms with Gasteiger partial charge in [-0.3, -0.25) is 4.98 Å². The average Bonchev–Trinajstić information content (AvgIpc) is 2.12. The van der Waals surface area contributed by atoms with Gasteiger partial charge in [0.1, 0.15) is 0 Å². The van der Waals surface area contributed by atoms with E-state index in [4.69, 9.17) is 0 Å². The van der Waals surface area contributed by atoms with Crippen LogP contribution < -0.4 is 5.32 Å². The molecule has 1 aliphatic carbocycles. The Morgan fingerprint density at radius 3 is 2.50 bits per heavy atom. The summed E-state index contributed by atoms with van der Waals surface area (Å²) in [6.45, 7) is 4.63. The van der Waals surface area contributed by atoms with E-state index in [1.807, 2.05) is 24.5 Å². The standard InChI is InChI=1S/C12H18N2/c1-9(2)10-7-12(8-10)14-11-3-5-13-6-4-11/h3-6,9-10,12H,7-8H2,1-2H3,(H,13,14). The van der Waals surface area contributed by atoms with Gasteiger partial charge >= 0.3 is 0 Å². The monoisotopic (exact) mass is 190 g/mol. The number of rotatable bonds is 3. The van der Waals surface area contributed by atoms with Crippen molar-refractivity contribution in [1.29, 1.82) is 0 Å². The van der Waals surface area contributed by atoms with Crippen LogP contribution in [0.25, 0.3) is 0 Å². The molecule has 1 aromatic rings. The maximum absolute atomic E-state index is 4.00. The molecule has 0 aromatic carbocycles. The van der Waals surface area contributed by atoms with Crippen LogP contribution in [0.4, 0.5) is 5.69 Å². The van der Waals surface area contributed by atoms with E-state index in [0.717, 1.165) is 11.8 Å². The average molecular weight is 190 g/mol. The first kappa shape index (κ1) is 9.50. The molecule has 1 heterocycles. The maximum atomic E-state index is 4.00. The predicted molar refractivity (Wildman–Crippen MR) is 59.2 cm³/mol. The van der Waals surface area contributed by atoms with Gasteiger partial charge < -0.3 is 5.32 Å². The first-order valence-electron chi connectivity index (χ1n) is 5.42. The zero-order valence-corrected chi connectivity index (χ0v) is 8.90. The minimum atomic E-state index is 0.685. The van der Waals surface area contributed by atoms with Gasteiger partial charge in [0.2, 0.25) is 0 Å². The third-order valence-electron chi connectivity index (χ3n) is 3.17. The van der Waals surface area contributed by atoms with E-state index in [1.54, 1.807) is 0 Å². The molecule has 0 amide bonds. The van der Waals surface area contributed by atoms with Crippen LogP contribution in [0.2, 0.25) is 0 Å². The van der Waals surface area contributed by atoms with Crippen LogP contribution in [0, 0.1) is 11.8 Å². The Morgan fingerprint density at radius 2 is 1.93 bits per heavy atom. The fraction of sp³-hybridized carbons (Fsp3) is 0.583. The molecule has 0 spiro atoms. The summed E-state index contributed by atoms with van der Waals surface area (Å²) in [6, 6.07) is 4.75. The SMILES string of the molecule is CC(C)C1CC(Nc2ccncc2)C1. The van der Waals surface area contributed by atoms with E-state index in [1.165, 1.54) is 18.5 Å². The van der Waals surface area contributed by atoms with E-state index >= 15 is 0 Å². The summed E-state index contributed by atoms with van der Waals surface area (Å²) in [5, 5.41) is 3.52. The van der Waals surface area contributed by atoms with E-state index in [2.05, 4.69) is 24.1 Å². The number of pyridine rings is 1. The van der Waals surface area contributed by atoms with Gasteiger partial charge in [0, 0.05) is 24.1 Å². The Labute approximate surface area is 85.7 Å². The van der Waals surface area contributed by atoms with Gasteiger partial charge in [0.25, 0.3) is 0 Å². The molecule has 1 aromatic heterocycles. The topological polar surface area (TPSA) is 24.9 Å². The molecule has 2 nitrogen and oxygen atoms in total. The molecule has 0 aliphatic heterocycles. The number of hydrogen-bond donors (Lipinski definition) is 1. The van der Waals surface area contributed by atoms with Crippen LogP contribution in [-0.2, 0) is 0 Å². The zero-order chi connectivity index (χ0) is 9.97. The van der Waals surface area contributed by atoms with Crippen molar-refractivity contribution < 1.29 is 0 Å². The molecule has 0 unspecified atom stereocenters. The molecule has 0 bridgehead atoms. The summed E-state index contributed by atoms with van der Waals surface area (Å²) < 4.78 is 0. The quantitative estimate of drug-likeness (QED) is 0.792. The van der Waals surface area contributed by atoms with E-state index in [0.29, 0.717) is 6.04 Å². The maximum Gasteiger partial charge on any atom is 0.0373 e. The first-order valence-corrected chi connectivity index (χ1v) is 5.42. The lowest BCUT2D eigenvalue weighted by Gasteiger charge is -2.39. The molecule has 1 aliphatic rings. The predicted octanol–water partition coefficient (Wildman–Crippen LogP) is 2.93. The van der Waals surface area contributed by atoms with Crippen molar-refractivity contribution in [2.45, 2.75) is 32.7 Å². The summed E-state index contributed by atoms with van der Waals surface area (Å²) >= 11 is 0. The summed E-state index contributed by atoms with van der Waals surface area (Å²) in [5.41, 5.74) is 1.20. The van der Waals surface area contributed by atoms with Crippen LogP contribution >= 0.6 is 0 Å². The molecule has 1 saturated carbocycles. The lowest BCUT2D eigenvalue weighted by molar-refractivity contribution is 0.212. The van der Waals surface area contributed by atoms with Crippen LogP contribution in [0.5, 0.6) is 0 Å².